The summed E-state index contributed by atoms with van der Waals surface area (Å²) in [6.07, 6.45) is 0.335. The van der Waals surface area contributed by atoms with E-state index in [1.807, 2.05) is 0 Å². The number of nitrogens with zero attached hydrogens (tertiary/aromatic N) is 3. The Labute approximate surface area is 87.1 Å². The molecule has 1 aromatic rings. The second-order valence-corrected chi connectivity index (χ2v) is 4.60. The van der Waals surface area contributed by atoms with E-state index in [1.165, 1.54) is 0 Å². The lowest BCUT2D eigenvalue weighted by Crippen LogP contribution is -2.28. The number of hydrogen-bond acceptors (Lipinski definition) is 6. The summed E-state index contributed by atoms with van der Waals surface area (Å²) in [5, 5.41) is 11.8. The Morgan fingerprint density at radius 2 is 2.33 bits per heavy atom. The van der Waals surface area contributed by atoms with Gasteiger partial charge in [-0.3, -0.25) is 0 Å². The van der Waals surface area contributed by atoms with E-state index in [1.54, 1.807) is 13.0 Å². The highest BCUT2D eigenvalue weighted by atomic mass is 32.2. The first-order chi connectivity index (χ1) is 7.03. The van der Waals surface area contributed by atoms with Crippen LogP contribution < -0.4 is 4.72 Å². The fourth-order valence-corrected chi connectivity index (χ4v) is 1.58. The zero-order valence-electron chi connectivity index (χ0n) is 8.10. The van der Waals surface area contributed by atoms with Crippen LogP contribution in [-0.2, 0) is 16.4 Å². The molecule has 0 atom stereocenters. The Balaban J connectivity index is 2.37. The third kappa shape index (κ3) is 4.05. The van der Waals surface area contributed by atoms with Gasteiger partial charge in [0.15, 0.2) is 11.6 Å². The highest BCUT2D eigenvalue weighted by Crippen LogP contribution is 1.95. The number of nitrogens with one attached hydrogen (secondary N) is 1. The van der Waals surface area contributed by atoms with E-state index >= 15 is 0 Å². The summed E-state index contributed by atoms with van der Waals surface area (Å²) >= 11 is 0. The van der Waals surface area contributed by atoms with Crippen LogP contribution in [0.4, 0.5) is 0 Å². The molecule has 0 amide bonds. The molecule has 82 valence electrons. The first kappa shape index (κ1) is 11.6. The van der Waals surface area contributed by atoms with Gasteiger partial charge in [-0.25, -0.2) is 13.1 Å². The van der Waals surface area contributed by atoms with Crippen molar-refractivity contribution in [1.29, 1.82) is 5.26 Å². The predicted molar refractivity (Wildman–Crippen MR) is 50.1 cm³/mol. The van der Waals surface area contributed by atoms with Gasteiger partial charge >= 0.3 is 0 Å². The molecule has 1 aromatic heterocycles. The third-order valence-corrected chi connectivity index (χ3v) is 2.65. The molecule has 0 radical (unpaired) electrons. The highest BCUT2D eigenvalue weighted by Gasteiger charge is 2.09. The Hall–Kier alpha value is -1.46. The van der Waals surface area contributed by atoms with E-state index < -0.39 is 15.8 Å². The summed E-state index contributed by atoms with van der Waals surface area (Å²) in [4.78, 5) is 3.90. The van der Waals surface area contributed by atoms with E-state index in [0.717, 1.165) is 0 Å². The molecule has 15 heavy (non-hydrogen) atoms. The number of sulfonamides is 1. The zero-order chi connectivity index (χ0) is 11.3. The quantitative estimate of drug-likeness (QED) is 0.720. The molecule has 0 saturated heterocycles. The monoisotopic (exact) mass is 230 g/mol. The first-order valence-corrected chi connectivity index (χ1v) is 5.82. The standard InChI is InChI=1S/C7H10N4O3S/c1-6-10-7(11-14-6)2-4-9-15(12,13)5-3-8/h9H,2,4-5H2,1H3. The van der Waals surface area contributed by atoms with Crippen molar-refractivity contribution in [3.05, 3.63) is 11.7 Å². The average molecular weight is 230 g/mol. The van der Waals surface area contributed by atoms with Crippen molar-refractivity contribution in [3.63, 3.8) is 0 Å². The van der Waals surface area contributed by atoms with Crippen molar-refractivity contribution < 1.29 is 12.9 Å². The molecule has 0 aromatic carbocycles. The summed E-state index contributed by atoms with van der Waals surface area (Å²) in [5.41, 5.74) is 0. The van der Waals surface area contributed by atoms with E-state index in [-0.39, 0.29) is 6.54 Å². The normalized spacial score (nSPS) is 11.2. The summed E-state index contributed by atoms with van der Waals surface area (Å²) in [6.45, 7) is 1.80. The summed E-state index contributed by atoms with van der Waals surface area (Å²) < 4.78 is 29.0. The maximum atomic E-state index is 11.0. The first-order valence-electron chi connectivity index (χ1n) is 4.17. The van der Waals surface area contributed by atoms with Crippen LogP contribution in [0.1, 0.15) is 11.7 Å². The van der Waals surface area contributed by atoms with Crippen molar-refractivity contribution in [1.82, 2.24) is 14.9 Å². The van der Waals surface area contributed by atoms with Gasteiger partial charge < -0.3 is 4.52 Å². The SMILES string of the molecule is Cc1nc(CCNS(=O)(=O)CC#N)no1. The molecule has 0 unspecified atom stereocenters. The van der Waals surface area contributed by atoms with Crippen molar-refractivity contribution >= 4 is 10.0 Å². The molecule has 1 N–H and O–H groups in total. The van der Waals surface area contributed by atoms with Gasteiger partial charge in [0.05, 0.1) is 6.07 Å². The molecule has 0 aliphatic carbocycles. The molecule has 1 rings (SSSR count). The Morgan fingerprint density at radius 1 is 1.60 bits per heavy atom. The average Bonchev–Trinajstić information content (AvgIpc) is 2.51. The molecular weight excluding hydrogens is 220 g/mol. The van der Waals surface area contributed by atoms with Crippen LogP contribution in [0.2, 0.25) is 0 Å². The maximum absolute atomic E-state index is 11.0. The molecule has 0 spiro atoms. The number of aromatic nitrogens is 2. The van der Waals surface area contributed by atoms with Gasteiger partial charge in [-0.15, -0.1) is 0 Å². The minimum Gasteiger partial charge on any atom is -0.340 e. The summed E-state index contributed by atoms with van der Waals surface area (Å²) in [7, 11) is -3.49. The fourth-order valence-electron chi connectivity index (χ4n) is 0.897. The predicted octanol–water partition coefficient (Wildman–Crippen LogP) is -0.636. The Kier molecular flexibility index (Phi) is 3.76. The smallest absolute Gasteiger partial charge is 0.225 e. The number of aryl methyl sites for hydroxylation is 1. The Morgan fingerprint density at radius 3 is 2.87 bits per heavy atom. The van der Waals surface area contributed by atoms with Gasteiger partial charge in [0, 0.05) is 19.9 Å². The van der Waals surface area contributed by atoms with Gasteiger partial charge in [-0.05, 0) is 0 Å². The fraction of sp³-hybridized carbons (Fsp3) is 0.571. The molecule has 0 aliphatic rings. The third-order valence-electron chi connectivity index (χ3n) is 1.49. The van der Waals surface area contributed by atoms with E-state index in [9.17, 15) is 8.42 Å². The number of nitriles is 1. The van der Waals surface area contributed by atoms with Crippen molar-refractivity contribution in [2.75, 3.05) is 12.3 Å². The molecular formula is C7H10N4O3S. The van der Waals surface area contributed by atoms with Crippen LogP contribution in [0.15, 0.2) is 4.52 Å². The van der Waals surface area contributed by atoms with Gasteiger partial charge in [0.2, 0.25) is 15.9 Å². The van der Waals surface area contributed by atoms with E-state index in [4.69, 9.17) is 9.78 Å². The summed E-state index contributed by atoms with van der Waals surface area (Å²) in [5.74, 6) is 0.329. The van der Waals surface area contributed by atoms with Crippen LogP contribution in [0.3, 0.4) is 0 Å². The molecule has 0 fully saturated rings. The minimum atomic E-state index is -3.49. The van der Waals surface area contributed by atoms with E-state index in [2.05, 4.69) is 14.9 Å². The Bertz CT molecular complexity index is 459. The van der Waals surface area contributed by atoms with Crippen molar-refractivity contribution in [2.24, 2.45) is 0 Å². The molecule has 1 heterocycles. The van der Waals surface area contributed by atoms with Crippen LogP contribution >= 0.6 is 0 Å². The van der Waals surface area contributed by atoms with Gasteiger partial charge in [0.25, 0.3) is 0 Å². The highest BCUT2D eigenvalue weighted by molar-refractivity contribution is 7.89. The molecule has 0 aliphatic heterocycles. The number of rotatable bonds is 5. The maximum Gasteiger partial charge on any atom is 0.225 e. The van der Waals surface area contributed by atoms with Crippen molar-refractivity contribution in [3.8, 4) is 6.07 Å². The van der Waals surface area contributed by atoms with Crippen molar-refractivity contribution in [2.45, 2.75) is 13.3 Å². The van der Waals surface area contributed by atoms with Crippen LogP contribution in [0.25, 0.3) is 0 Å². The largest absolute Gasteiger partial charge is 0.340 e. The zero-order valence-corrected chi connectivity index (χ0v) is 8.91. The van der Waals surface area contributed by atoms with Gasteiger partial charge in [-0.1, -0.05) is 5.16 Å². The molecule has 8 heteroatoms. The minimum absolute atomic E-state index is 0.156. The second kappa shape index (κ2) is 4.86. The van der Waals surface area contributed by atoms with Crippen LogP contribution in [-0.4, -0.2) is 30.9 Å². The molecule has 0 bridgehead atoms. The van der Waals surface area contributed by atoms with Gasteiger partial charge in [0.1, 0.15) is 0 Å². The van der Waals surface area contributed by atoms with E-state index in [0.29, 0.717) is 18.1 Å². The second-order valence-electron chi connectivity index (χ2n) is 2.79. The molecule has 7 nitrogen and oxygen atoms in total. The lowest BCUT2D eigenvalue weighted by Gasteiger charge is -1.99. The van der Waals surface area contributed by atoms with Crippen LogP contribution in [0, 0.1) is 18.3 Å². The molecule has 0 saturated carbocycles. The topological polar surface area (TPSA) is 109 Å². The summed E-state index contributed by atoms with van der Waals surface area (Å²) in [6, 6.07) is 1.56. The lowest BCUT2D eigenvalue weighted by atomic mass is 10.4. The number of hydrogen-bond donors (Lipinski definition) is 1. The van der Waals surface area contributed by atoms with Crippen LogP contribution in [0.5, 0.6) is 0 Å². The van der Waals surface area contributed by atoms with Gasteiger partial charge in [-0.2, -0.15) is 10.2 Å². The lowest BCUT2D eigenvalue weighted by molar-refractivity contribution is 0.387.